The van der Waals surface area contributed by atoms with Crippen LogP contribution in [0, 0.1) is 0 Å². The molecule has 9 nitrogen and oxygen atoms in total. The molecule has 2 N–H and O–H groups in total. The van der Waals surface area contributed by atoms with Gasteiger partial charge in [0.15, 0.2) is 12.4 Å². The summed E-state index contributed by atoms with van der Waals surface area (Å²) >= 11 is 0. The average Bonchev–Trinajstić information content (AvgIpc) is 3.15. The molecule has 4 aromatic rings. The van der Waals surface area contributed by atoms with Crippen LogP contribution in [0.3, 0.4) is 0 Å². The standard InChI is InChI=1S/C40H44O9/c41-36-34(27-43-23-29-13-5-1-6-14-29)48-40(37(42)39(36)47-26-32-19-11-4-12-20-32)49-38-33(46-25-31-17-9-3-10-18-31)21-22-45-35(38)28-44-24-30-15-7-2-8-16-30/h1-22,33-42H,23-28H2/t33-,34?,35?,36-,37?,38-,39+,40-/m0/s1. The lowest BCUT2D eigenvalue weighted by Gasteiger charge is -2.45. The van der Waals surface area contributed by atoms with Gasteiger partial charge in [-0.1, -0.05) is 121 Å². The molecule has 0 radical (unpaired) electrons. The second-order valence-corrected chi connectivity index (χ2v) is 12.2. The molecule has 8 atom stereocenters. The molecule has 9 heteroatoms. The van der Waals surface area contributed by atoms with E-state index >= 15 is 0 Å². The van der Waals surface area contributed by atoms with Crippen molar-refractivity contribution in [1.82, 2.24) is 0 Å². The van der Waals surface area contributed by atoms with E-state index in [1.807, 2.05) is 121 Å². The van der Waals surface area contributed by atoms with Gasteiger partial charge in [0, 0.05) is 0 Å². The zero-order chi connectivity index (χ0) is 33.7. The van der Waals surface area contributed by atoms with Gasteiger partial charge in [0.05, 0.1) is 45.9 Å². The topological polar surface area (TPSA) is 105 Å². The third-order valence-electron chi connectivity index (χ3n) is 8.50. The molecule has 4 aromatic carbocycles. The first-order chi connectivity index (χ1) is 24.1. The average molecular weight is 669 g/mol. The Morgan fingerprint density at radius 2 is 0.980 bits per heavy atom. The van der Waals surface area contributed by atoms with Crippen LogP contribution < -0.4 is 0 Å². The number of ether oxygens (including phenoxy) is 7. The van der Waals surface area contributed by atoms with E-state index in [0.29, 0.717) is 19.8 Å². The molecule has 0 spiro atoms. The largest absolute Gasteiger partial charge is 0.493 e. The Kier molecular flexibility index (Phi) is 13.0. The molecule has 0 aromatic heterocycles. The summed E-state index contributed by atoms with van der Waals surface area (Å²) in [7, 11) is 0. The Morgan fingerprint density at radius 3 is 1.51 bits per heavy atom. The van der Waals surface area contributed by atoms with E-state index in [4.69, 9.17) is 33.2 Å². The number of hydrogen-bond acceptors (Lipinski definition) is 9. The van der Waals surface area contributed by atoms with Gasteiger partial charge in [-0.05, 0) is 28.3 Å². The predicted octanol–water partition coefficient (Wildman–Crippen LogP) is 5.34. The molecule has 0 aliphatic carbocycles. The maximum Gasteiger partial charge on any atom is 0.187 e. The molecule has 6 rings (SSSR count). The van der Waals surface area contributed by atoms with E-state index in [9.17, 15) is 10.2 Å². The van der Waals surface area contributed by atoms with Crippen LogP contribution in [0.2, 0.25) is 0 Å². The summed E-state index contributed by atoms with van der Waals surface area (Å²) in [5, 5.41) is 23.0. The Morgan fingerprint density at radius 1 is 0.510 bits per heavy atom. The molecule has 1 fully saturated rings. The Labute approximate surface area is 287 Å². The third-order valence-corrected chi connectivity index (χ3v) is 8.50. The van der Waals surface area contributed by atoms with E-state index in [0.717, 1.165) is 22.3 Å². The van der Waals surface area contributed by atoms with Crippen molar-refractivity contribution in [3.05, 3.63) is 156 Å². The third kappa shape index (κ3) is 10.1. The quantitative estimate of drug-likeness (QED) is 0.164. The maximum absolute atomic E-state index is 11.6. The first kappa shape index (κ1) is 34.9. The van der Waals surface area contributed by atoms with E-state index in [2.05, 4.69) is 0 Å². The number of benzene rings is 4. The van der Waals surface area contributed by atoms with E-state index in [-0.39, 0.29) is 19.8 Å². The summed E-state index contributed by atoms with van der Waals surface area (Å²) in [6.07, 6.45) is -4.10. The van der Waals surface area contributed by atoms with Crippen LogP contribution in [-0.4, -0.2) is 72.4 Å². The van der Waals surface area contributed by atoms with Gasteiger partial charge in [-0.3, -0.25) is 0 Å². The summed E-state index contributed by atoms with van der Waals surface area (Å²) in [5.74, 6) is 0. The number of aliphatic hydroxyl groups excluding tert-OH is 2. The highest BCUT2D eigenvalue weighted by molar-refractivity contribution is 5.16. The van der Waals surface area contributed by atoms with Gasteiger partial charge in [-0.25, -0.2) is 0 Å². The molecule has 258 valence electrons. The van der Waals surface area contributed by atoms with Crippen LogP contribution in [0.25, 0.3) is 0 Å². The van der Waals surface area contributed by atoms with Crippen molar-refractivity contribution in [2.45, 2.75) is 75.4 Å². The lowest BCUT2D eigenvalue weighted by atomic mass is 9.98. The lowest BCUT2D eigenvalue weighted by molar-refractivity contribution is -0.333. The van der Waals surface area contributed by atoms with Crippen LogP contribution in [0.1, 0.15) is 22.3 Å². The minimum Gasteiger partial charge on any atom is -0.493 e. The monoisotopic (exact) mass is 668 g/mol. The van der Waals surface area contributed by atoms with Crippen LogP contribution in [0.4, 0.5) is 0 Å². The van der Waals surface area contributed by atoms with E-state index < -0.39 is 49.0 Å². The zero-order valence-corrected chi connectivity index (χ0v) is 27.3. The van der Waals surface area contributed by atoms with Gasteiger partial charge >= 0.3 is 0 Å². The first-order valence-electron chi connectivity index (χ1n) is 16.7. The fourth-order valence-electron chi connectivity index (χ4n) is 5.84. The molecular formula is C40H44O9. The van der Waals surface area contributed by atoms with Crippen LogP contribution in [0.15, 0.2) is 134 Å². The van der Waals surface area contributed by atoms with Crippen LogP contribution in [-0.2, 0) is 59.6 Å². The van der Waals surface area contributed by atoms with E-state index in [1.54, 1.807) is 12.3 Å². The lowest BCUT2D eigenvalue weighted by Crippen LogP contribution is -2.62. The molecule has 49 heavy (non-hydrogen) atoms. The van der Waals surface area contributed by atoms with Gasteiger partial charge < -0.3 is 43.4 Å². The summed E-state index contributed by atoms with van der Waals surface area (Å²) in [6, 6.07) is 39.1. The van der Waals surface area contributed by atoms with Crippen molar-refractivity contribution in [2.75, 3.05) is 13.2 Å². The summed E-state index contributed by atoms with van der Waals surface area (Å²) in [5.41, 5.74) is 3.92. The highest BCUT2D eigenvalue weighted by atomic mass is 16.7. The summed E-state index contributed by atoms with van der Waals surface area (Å²) < 4.78 is 43.5. The second kappa shape index (κ2) is 18.2. The summed E-state index contributed by atoms with van der Waals surface area (Å²) in [6.45, 7) is 1.47. The van der Waals surface area contributed by atoms with Gasteiger partial charge in [0.25, 0.3) is 0 Å². The predicted molar refractivity (Wildman–Crippen MR) is 182 cm³/mol. The van der Waals surface area contributed by atoms with Crippen molar-refractivity contribution in [3.8, 4) is 0 Å². The van der Waals surface area contributed by atoms with Gasteiger partial charge in [0.2, 0.25) is 0 Å². The van der Waals surface area contributed by atoms with Gasteiger partial charge in [0.1, 0.15) is 36.6 Å². The Balaban J connectivity index is 1.19. The minimum atomic E-state index is -1.34. The molecule has 3 unspecified atom stereocenters. The molecule has 0 bridgehead atoms. The minimum absolute atomic E-state index is 0.0481. The van der Waals surface area contributed by atoms with Crippen molar-refractivity contribution in [3.63, 3.8) is 0 Å². The molecule has 2 aliphatic rings. The van der Waals surface area contributed by atoms with E-state index in [1.165, 1.54) is 0 Å². The SMILES string of the molecule is OC1[C@H](O[C@@H]2C(COCc3ccccc3)OC=C[C@@H]2OCc2ccccc2)OC(COCc2ccccc2)[C@H](O)[C@H]1OCc1ccccc1. The summed E-state index contributed by atoms with van der Waals surface area (Å²) in [4.78, 5) is 0. The Bertz CT molecular complexity index is 1520. The molecule has 1 saturated heterocycles. The fraction of sp³-hybridized carbons (Fsp3) is 0.350. The molecule has 0 amide bonds. The zero-order valence-electron chi connectivity index (χ0n) is 27.3. The number of aliphatic hydroxyl groups is 2. The smallest absolute Gasteiger partial charge is 0.187 e. The van der Waals surface area contributed by atoms with Gasteiger partial charge in [-0.15, -0.1) is 0 Å². The molecule has 2 aliphatic heterocycles. The Hall–Kier alpha value is -3.90. The highest BCUT2D eigenvalue weighted by Crippen LogP contribution is 2.30. The van der Waals surface area contributed by atoms with Crippen molar-refractivity contribution < 1.29 is 43.4 Å². The number of rotatable bonds is 16. The first-order valence-corrected chi connectivity index (χ1v) is 16.7. The molecular weight excluding hydrogens is 624 g/mol. The number of hydrogen-bond donors (Lipinski definition) is 2. The van der Waals surface area contributed by atoms with Crippen molar-refractivity contribution in [2.24, 2.45) is 0 Å². The van der Waals surface area contributed by atoms with Crippen LogP contribution >= 0.6 is 0 Å². The van der Waals surface area contributed by atoms with Crippen LogP contribution in [0.5, 0.6) is 0 Å². The molecule has 0 saturated carbocycles. The van der Waals surface area contributed by atoms with Crippen molar-refractivity contribution in [1.29, 1.82) is 0 Å². The fourth-order valence-corrected chi connectivity index (χ4v) is 5.84. The normalized spacial score (nSPS) is 26.7. The highest BCUT2D eigenvalue weighted by Gasteiger charge is 2.48. The van der Waals surface area contributed by atoms with Gasteiger partial charge in [-0.2, -0.15) is 0 Å². The van der Waals surface area contributed by atoms with Crippen molar-refractivity contribution >= 4 is 0 Å². The maximum atomic E-state index is 11.6. The second-order valence-electron chi connectivity index (χ2n) is 12.2. The molecule has 2 heterocycles.